The van der Waals surface area contributed by atoms with Crippen LogP contribution < -0.4 is 5.32 Å². The van der Waals surface area contributed by atoms with E-state index in [2.05, 4.69) is 39.6 Å². The lowest BCUT2D eigenvalue weighted by molar-refractivity contribution is -0.128. The summed E-state index contributed by atoms with van der Waals surface area (Å²) < 4.78 is 39.9. The van der Waals surface area contributed by atoms with E-state index in [4.69, 9.17) is 0 Å². The van der Waals surface area contributed by atoms with Gasteiger partial charge in [0.05, 0.1) is 6.10 Å². The Kier molecular flexibility index (Phi) is 8.28. The number of amides is 1. The Bertz CT molecular complexity index is 1320. The molecular weight excluding hydrogens is 505 g/mol. The molecule has 1 amide bonds. The fraction of sp³-hybridized carbons (Fsp3) is 0.433. The zero-order valence-electron chi connectivity index (χ0n) is 22.1. The monoisotopic (exact) mass is 540 g/mol. The lowest BCUT2D eigenvalue weighted by Crippen LogP contribution is -2.45. The highest BCUT2D eigenvalue weighted by molar-refractivity contribution is 5.91. The predicted octanol–water partition coefficient (Wildman–Crippen LogP) is 5.12. The van der Waals surface area contributed by atoms with Gasteiger partial charge < -0.3 is 25.2 Å². The number of halogens is 3. The number of benzene rings is 2. The highest BCUT2D eigenvalue weighted by Gasteiger charge is 2.30. The molecule has 0 spiro atoms. The molecule has 3 aromatic rings. The number of fused-ring (bicyclic) bond motifs is 1. The van der Waals surface area contributed by atoms with Crippen LogP contribution >= 0.6 is 0 Å². The van der Waals surface area contributed by atoms with Crippen LogP contribution in [0.3, 0.4) is 0 Å². The Morgan fingerprint density at radius 1 is 1.08 bits per heavy atom. The summed E-state index contributed by atoms with van der Waals surface area (Å²) in [6, 6.07) is 8.09. The highest BCUT2D eigenvalue weighted by Crippen LogP contribution is 2.34. The molecule has 2 aliphatic heterocycles. The quantitative estimate of drug-likeness (QED) is 0.288. The number of β-amino-alcohol motifs (C(OH)–C–C–N with tert-alkyl or cyclic N) is 1. The van der Waals surface area contributed by atoms with Crippen LogP contribution in [0.1, 0.15) is 42.7 Å². The van der Waals surface area contributed by atoms with Crippen molar-refractivity contribution in [3.63, 3.8) is 0 Å². The molecule has 2 aromatic carbocycles. The summed E-state index contributed by atoms with van der Waals surface area (Å²) in [6.45, 7) is 3.52. The fourth-order valence-electron chi connectivity index (χ4n) is 5.92. The topological polar surface area (TPSA) is 71.6 Å². The summed E-state index contributed by atoms with van der Waals surface area (Å²) in [5.41, 5.74) is 3.70. The molecule has 208 valence electrons. The van der Waals surface area contributed by atoms with Gasteiger partial charge in [-0.05, 0) is 98.1 Å². The number of aliphatic hydroxyl groups is 1. The number of H-pyrrole nitrogens is 1. The number of rotatable bonds is 7. The van der Waals surface area contributed by atoms with Gasteiger partial charge in [-0.25, -0.2) is 13.2 Å². The minimum atomic E-state index is -1.53. The number of carbonyl (C=O) groups is 1. The van der Waals surface area contributed by atoms with Crippen molar-refractivity contribution >= 4 is 28.6 Å². The summed E-state index contributed by atoms with van der Waals surface area (Å²) in [4.78, 5) is 20.0. The summed E-state index contributed by atoms with van der Waals surface area (Å²) in [7, 11) is 1.93. The zero-order chi connectivity index (χ0) is 27.5. The first kappa shape index (κ1) is 27.3. The van der Waals surface area contributed by atoms with Crippen LogP contribution in [0.2, 0.25) is 0 Å². The van der Waals surface area contributed by atoms with Crippen LogP contribution in [0.4, 0.5) is 18.9 Å². The molecule has 0 saturated carbocycles. The molecule has 3 N–H and O–H groups in total. The lowest BCUT2D eigenvalue weighted by atomic mass is 9.87. The van der Waals surface area contributed by atoms with Crippen LogP contribution in [0.5, 0.6) is 0 Å². The standard InChI is InChI=1S/C30H35F3N4O2/c1-34-22-3-4-27-23(16-22)24(17-35-27)20-6-10-36(11-7-20)18-28(38)21-8-12-37(13-9-21)29(39)5-2-19-14-25(31)30(33)26(32)15-19/h2-5,14-17,20-21,28,34-35,38H,6-13,18H2,1H3/b5-2+. The van der Waals surface area contributed by atoms with Crippen molar-refractivity contribution in [2.24, 2.45) is 5.92 Å². The van der Waals surface area contributed by atoms with E-state index in [-0.39, 0.29) is 17.4 Å². The fourth-order valence-corrected chi connectivity index (χ4v) is 5.92. The van der Waals surface area contributed by atoms with Crippen molar-refractivity contribution in [1.82, 2.24) is 14.8 Å². The summed E-state index contributed by atoms with van der Waals surface area (Å²) in [6.07, 6.45) is 7.70. The molecular formula is C30H35F3N4O2. The Hall–Kier alpha value is -3.30. The number of hydrogen-bond acceptors (Lipinski definition) is 4. The Morgan fingerprint density at radius 2 is 1.77 bits per heavy atom. The third-order valence-corrected chi connectivity index (χ3v) is 8.30. The Labute approximate surface area is 226 Å². The van der Waals surface area contributed by atoms with Gasteiger partial charge in [-0.3, -0.25) is 4.79 Å². The molecule has 0 radical (unpaired) electrons. The van der Waals surface area contributed by atoms with Crippen molar-refractivity contribution in [3.05, 3.63) is 71.2 Å². The number of piperidine rings is 2. The Balaban J connectivity index is 1.08. The maximum Gasteiger partial charge on any atom is 0.246 e. The molecule has 1 aromatic heterocycles. The van der Waals surface area contributed by atoms with Gasteiger partial charge in [0.15, 0.2) is 17.5 Å². The number of aliphatic hydroxyl groups excluding tert-OH is 1. The van der Waals surface area contributed by atoms with Crippen LogP contribution in [0.25, 0.3) is 17.0 Å². The second kappa shape index (κ2) is 11.8. The van der Waals surface area contributed by atoms with Crippen LogP contribution in [0.15, 0.2) is 42.6 Å². The van der Waals surface area contributed by atoms with Crippen molar-refractivity contribution in [3.8, 4) is 0 Å². The minimum Gasteiger partial charge on any atom is -0.392 e. The van der Waals surface area contributed by atoms with Crippen molar-refractivity contribution in [1.29, 1.82) is 0 Å². The highest BCUT2D eigenvalue weighted by atomic mass is 19.2. The van der Waals surface area contributed by atoms with Gasteiger partial charge in [0.2, 0.25) is 5.91 Å². The average molecular weight is 541 g/mol. The number of aromatic amines is 1. The normalized spacial score (nSPS) is 18.7. The number of nitrogens with one attached hydrogen (secondary N) is 2. The van der Waals surface area contributed by atoms with E-state index in [1.807, 2.05) is 7.05 Å². The Morgan fingerprint density at radius 3 is 2.44 bits per heavy atom. The third-order valence-electron chi connectivity index (χ3n) is 8.30. The largest absolute Gasteiger partial charge is 0.392 e. The maximum absolute atomic E-state index is 13.4. The number of aromatic nitrogens is 1. The van der Waals surface area contributed by atoms with Gasteiger partial charge in [0, 0.05) is 55.5 Å². The van der Waals surface area contributed by atoms with Gasteiger partial charge in [-0.1, -0.05) is 0 Å². The zero-order valence-corrected chi connectivity index (χ0v) is 22.1. The second-order valence-electron chi connectivity index (χ2n) is 10.7. The van der Waals surface area contributed by atoms with E-state index in [1.165, 1.54) is 23.1 Å². The molecule has 2 aliphatic rings. The van der Waals surface area contributed by atoms with Crippen molar-refractivity contribution in [2.75, 3.05) is 45.1 Å². The number of likely N-dealkylation sites (tertiary alicyclic amines) is 2. The summed E-state index contributed by atoms with van der Waals surface area (Å²) in [5, 5.41) is 15.4. The first-order valence-electron chi connectivity index (χ1n) is 13.6. The van der Waals surface area contributed by atoms with Crippen LogP contribution in [-0.2, 0) is 4.79 Å². The summed E-state index contributed by atoms with van der Waals surface area (Å²) >= 11 is 0. The molecule has 5 rings (SSSR count). The molecule has 2 saturated heterocycles. The SMILES string of the molecule is CNc1ccc2[nH]cc(C3CCN(CC(O)C4CCN(C(=O)/C=C/c5cc(F)c(F)c(F)c5)CC4)CC3)c2c1. The van der Waals surface area contributed by atoms with E-state index in [1.54, 1.807) is 4.90 Å². The van der Waals surface area contributed by atoms with E-state index in [9.17, 15) is 23.1 Å². The second-order valence-corrected chi connectivity index (χ2v) is 10.7. The van der Waals surface area contributed by atoms with Crippen LogP contribution in [-0.4, -0.2) is 71.7 Å². The number of hydrogen-bond donors (Lipinski definition) is 3. The van der Waals surface area contributed by atoms with Gasteiger partial charge in [-0.15, -0.1) is 0 Å². The average Bonchev–Trinajstić information content (AvgIpc) is 3.38. The van der Waals surface area contributed by atoms with Gasteiger partial charge in [-0.2, -0.15) is 0 Å². The molecule has 9 heteroatoms. The molecule has 1 atom stereocenters. The first-order chi connectivity index (χ1) is 18.8. The number of anilines is 1. The lowest BCUT2D eigenvalue weighted by Gasteiger charge is -2.37. The van der Waals surface area contributed by atoms with Crippen LogP contribution in [0, 0.1) is 23.4 Å². The summed E-state index contributed by atoms with van der Waals surface area (Å²) in [5.74, 6) is -3.77. The van der Waals surface area contributed by atoms with E-state index in [0.717, 1.165) is 49.3 Å². The number of nitrogens with zero attached hydrogens (tertiary/aromatic N) is 2. The van der Waals surface area contributed by atoms with E-state index in [0.29, 0.717) is 38.4 Å². The van der Waals surface area contributed by atoms with Crippen molar-refractivity contribution in [2.45, 2.75) is 37.7 Å². The first-order valence-corrected chi connectivity index (χ1v) is 13.6. The molecule has 0 bridgehead atoms. The van der Waals surface area contributed by atoms with Crippen molar-refractivity contribution < 1.29 is 23.1 Å². The van der Waals surface area contributed by atoms with Gasteiger partial charge in [0.25, 0.3) is 0 Å². The van der Waals surface area contributed by atoms with E-state index >= 15 is 0 Å². The molecule has 3 heterocycles. The smallest absolute Gasteiger partial charge is 0.246 e. The molecule has 2 fully saturated rings. The minimum absolute atomic E-state index is 0.0845. The molecule has 1 unspecified atom stereocenters. The van der Waals surface area contributed by atoms with E-state index < -0.39 is 23.6 Å². The van der Waals surface area contributed by atoms with Gasteiger partial charge in [0.1, 0.15) is 0 Å². The molecule has 6 nitrogen and oxygen atoms in total. The molecule has 39 heavy (non-hydrogen) atoms. The van der Waals surface area contributed by atoms with Gasteiger partial charge >= 0.3 is 0 Å². The molecule has 0 aliphatic carbocycles. The number of carbonyl (C=O) groups excluding carboxylic acids is 1. The third kappa shape index (κ3) is 6.15. The predicted molar refractivity (Wildman–Crippen MR) is 147 cm³/mol. The maximum atomic E-state index is 13.4.